The molecule has 0 fully saturated rings. The number of hydrogen-bond acceptors (Lipinski definition) is 7. The van der Waals surface area contributed by atoms with Gasteiger partial charge in [-0.3, -0.25) is 9.11 Å². The third kappa shape index (κ3) is 7.94. The summed E-state index contributed by atoms with van der Waals surface area (Å²) in [7, 11) is -8.25. The monoisotopic (exact) mass is 633 g/mol. The van der Waals surface area contributed by atoms with Gasteiger partial charge in [-0.1, -0.05) is 41.5 Å². The summed E-state index contributed by atoms with van der Waals surface area (Å²) in [6.07, 6.45) is 5.25. The van der Waals surface area contributed by atoms with Crippen molar-refractivity contribution in [3.63, 3.8) is 0 Å². The molecule has 0 saturated heterocycles. The average Bonchev–Trinajstić information content (AvgIpc) is 3.35. The van der Waals surface area contributed by atoms with E-state index in [1.54, 1.807) is 40.5 Å². The van der Waals surface area contributed by atoms with E-state index in [4.69, 9.17) is 32.5 Å². The van der Waals surface area contributed by atoms with Crippen molar-refractivity contribution in [1.82, 2.24) is 0 Å². The van der Waals surface area contributed by atoms with E-state index < -0.39 is 26.0 Å². The fraction of sp³-hybridized carbons (Fsp3) is 0.320. The largest absolute Gasteiger partial charge is 0.439 e. The van der Waals surface area contributed by atoms with Crippen LogP contribution in [0.15, 0.2) is 53.9 Å². The molecule has 0 aliphatic carbocycles. The molecule has 0 saturated carbocycles. The molecule has 0 unspecified atom stereocenters. The molecule has 0 amide bonds. The minimum Gasteiger partial charge on any atom is -0.439 e. The third-order valence-corrected chi connectivity index (χ3v) is 9.10. The molecule has 4 rings (SSSR count). The lowest BCUT2D eigenvalue weighted by Gasteiger charge is -2.18. The molecule has 0 spiro atoms. The molecule has 2 aromatic carbocycles. The summed E-state index contributed by atoms with van der Waals surface area (Å²) in [6.45, 7) is 2.45. The van der Waals surface area contributed by atoms with Crippen LogP contribution in [0.4, 0.5) is 5.69 Å². The second-order valence-electron chi connectivity index (χ2n) is 8.90. The molecule has 210 valence electrons. The van der Waals surface area contributed by atoms with E-state index in [9.17, 15) is 21.4 Å². The molecule has 1 aromatic heterocycles. The van der Waals surface area contributed by atoms with Crippen LogP contribution < -0.4 is 14.2 Å². The minimum atomic E-state index is -4.21. The van der Waals surface area contributed by atoms with Crippen molar-refractivity contribution in [3.8, 4) is 5.75 Å². The molecule has 1 aliphatic heterocycles. The number of aromatic nitrogens is 1. The summed E-state index contributed by atoms with van der Waals surface area (Å²) < 4.78 is 72.7. The maximum atomic E-state index is 11.5. The molecule has 39 heavy (non-hydrogen) atoms. The SMILES string of the molecule is CCC(=Cc1sc2ccc(Cl)cc2[n+]1CCCCS(=O)(=O)O)C=C1Oc2ccc(Cl)cc2N1CCS(=O)(=O)O. The number of hydrogen-bond donors (Lipinski definition) is 2. The van der Waals surface area contributed by atoms with Crippen molar-refractivity contribution < 1.29 is 35.2 Å². The van der Waals surface area contributed by atoms with Crippen LogP contribution >= 0.6 is 34.5 Å². The lowest BCUT2D eigenvalue weighted by molar-refractivity contribution is -0.669. The summed E-state index contributed by atoms with van der Waals surface area (Å²) >= 11 is 14.0. The number of allylic oxidation sites excluding steroid dienone is 2. The first-order valence-corrected chi connectivity index (χ1v) is 16.8. The van der Waals surface area contributed by atoms with Crippen LogP contribution in [0.1, 0.15) is 31.2 Å². The van der Waals surface area contributed by atoms with Gasteiger partial charge in [0.2, 0.25) is 11.4 Å². The molecule has 9 nitrogen and oxygen atoms in total. The standard InChI is InChI=1S/C25H26Cl2N2O7S3/c1-2-17(13-24-28(10-12-39(33,34)35)20-15-18(26)5-7-22(20)36-24)14-25-29(9-3-4-11-38(30,31)32)21-16-19(27)6-8-23(21)37-25/h5-8,13-16H,2-4,9-12H2,1H3,(H-,30,31,32,33,34,35)/p+1. The van der Waals surface area contributed by atoms with E-state index >= 15 is 0 Å². The molecule has 1 aliphatic rings. The number of unbranched alkanes of at least 4 members (excludes halogenated alkanes) is 1. The number of thiazole rings is 1. The number of rotatable bonds is 11. The number of fused-ring (bicyclic) bond motifs is 2. The van der Waals surface area contributed by atoms with E-state index in [0.29, 0.717) is 53.2 Å². The first-order valence-electron chi connectivity index (χ1n) is 12.0. The van der Waals surface area contributed by atoms with Gasteiger partial charge in [-0.05, 0) is 48.7 Å². The smallest absolute Gasteiger partial charge is 0.266 e. The zero-order valence-corrected chi connectivity index (χ0v) is 24.8. The molecular formula is C25H27Cl2N2O7S3+. The van der Waals surface area contributed by atoms with Crippen LogP contribution in [0.5, 0.6) is 5.75 Å². The Labute approximate surface area is 241 Å². The Morgan fingerprint density at radius 1 is 1.03 bits per heavy atom. The van der Waals surface area contributed by atoms with E-state index in [-0.39, 0.29) is 12.3 Å². The first kappa shape index (κ1) is 29.8. The van der Waals surface area contributed by atoms with Gasteiger partial charge in [0.05, 0.1) is 17.2 Å². The number of aryl methyl sites for hydroxylation is 1. The van der Waals surface area contributed by atoms with Gasteiger partial charge in [0.15, 0.2) is 12.3 Å². The van der Waals surface area contributed by atoms with Crippen molar-refractivity contribution in [2.45, 2.75) is 32.7 Å². The van der Waals surface area contributed by atoms with Crippen LogP contribution in [0.3, 0.4) is 0 Å². The second kappa shape index (κ2) is 12.1. The number of halogens is 2. The van der Waals surface area contributed by atoms with Crippen molar-refractivity contribution >= 4 is 76.8 Å². The zero-order valence-electron chi connectivity index (χ0n) is 20.9. The van der Waals surface area contributed by atoms with Gasteiger partial charge >= 0.3 is 0 Å². The fourth-order valence-electron chi connectivity index (χ4n) is 4.15. The molecule has 0 atom stereocenters. The highest BCUT2D eigenvalue weighted by Crippen LogP contribution is 2.41. The van der Waals surface area contributed by atoms with E-state index in [0.717, 1.165) is 20.8 Å². The van der Waals surface area contributed by atoms with Crippen molar-refractivity contribution in [1.29, 1.82) is 0 Å². The normalized spacial score (nSPS) is 15.3. The number of ether oxygens (including phenoxy) is 1. The van der Waals surface area contributed by atoms with Crippen LogP contribution in [0, 0.1) is 0 Å². The summed E-state index contributed by atoms with van der Waals surface area (Å²) in [5, 5.41) is 1.93. The number of benzene rings is 2. The number of nitrogens with zero attached hydrogens (tertiary/aromatic N) is 2. The molecular weight excluding hydrogens is 607 g/mol. The predicted molar refractivity (Wildman–Crippen MR) is 155 cm³/mol. The lowest BCUT2D eigenvalue weighted by Crippen LogP contribution is -2.35. The second-order valence-corrected chi connectivity index (χ2v) is 14.0. The van der Waals surface area contributed by atoms with Gasteiger partial charge in [-0.25, -0.2) is 0 Å². The molecule has 0 bridgehead atoms. The summed E-state index contributed by atoms with van der Waals surface area (Å²) in [5.41, 5.74) is 2.38. The molecule has 2 heterocycles. The highest BCUT2D eigenvalue weighted by molar-refractivity contribution is 7.86. The Morgan fingerprint density at radius 3 is 2.41 bits per heavy atom. The van der Waals surface area contributed by atoms with Gasteiger partial charge in [0.25, 0.3) is 25.2 Å². The zero-order chi connectivity index (χ0) is 28.4. The third-order valence-electron chi connectivity index (χ3n) is 6.02. The Morgan fingerprint density at radius 2 is 1.72 bits per heavy atom. The van der Waals surface area contributed by atoms with Crippen molar-refractivity contribution in [2.24, 2.45) is 0 Å². The van der Waals surface area contributed by atoms with E-state index in [2.05, 4.69) is 4.57 Å². The maximum Gasteiger partial charge on any atom is 0.266 e. The van der Waals surface area contributed by atoms with Gasteiger partial charge in [-0.2, -0.15) is 21.4 Å². The van der Waals surface area contributed by atoms with Gasteiger partial charge < -0.3 is 9.64 Å². The van der Waals surface area contributed by atoms with Gasteiger partial charge in [0, 0.05) is 41.2 Å². The Kier molecular flexibility index (Phi) is 9.26. The summed E-state index contributed by atoms with van der Waals surface area (Å²) in [5.74, 6) is 0.107. The lowest BCUT2D eigenvalue weighted by atomic mass is 10.2. The number of anilines is 1. The highest BCUT2D eigenvalue weighted by Gasteiger charge is 2.28. The quantitative estimate of drug-likeness (QED) is 0.159. The maximum absolute atomic E-state index is 11.5. The van der Waals surface area contributed by atoms with Crippen LogP contribution in [-0.2, 0) is 26.8 Å². The average molecular weight is 635 g/mol. The van der Waals surface area contributed by atoms with E-state index in [1.165, 1.54) is 0 Å². The fourth-order valence-corrected chi connectivity index (χ4v) is 6.61. The minimum absolute atomic E-state index is 0.0375. The van der Waals surface area contributed by atoms with Crippen LogP contribution in [0.2, 0.25) is 10.0 Å². The van der Waals surface area contributed by atoms with Gasteiger partial charge in [0.1, 0.15) is 4.70 Å². The van der Waals surface area contributed by atoms with Crippen LogP contribution in [0.25, 0.3) is 16.3 Å². The predicted octanol–water partition coefficient (Wildman–Crippen LogP) is 5.59. The Bertz CT molecular complexity index is 1670. The summed E-state index contributed by atoms with van der Waals surface area (Å²) in [4.78, 5) is 1.66. The molecule has 14 heteroatoms. The molecule has 3 aromatic rings. The van der Waals surface area contributed by atoms with Crippen molar-refractivity contribution in [2.75, 3.05) is 23.0 Å². The topological polar surface area (TPSA) is 125 Å². The Hall–Kier alpha value is -2.19. The van der Waals surface area contributed by atoms with Crippen molar-refractivity contribution in [3.05, 3.63) is 69.0 Å². The Balaban J connectivity index is 1.70. The molecule has 2 N–H and O–H groups in total. The van der Waals surface area contributed by atoms with Gasteiger partial charge in [-0.15, -0.1) is 0 Å². The summed E-state index contributed by atoms with van der Waals surface area (Å²) in [6, 6.07) is 10.6. The highest BCUT2D eigenvalue weighted by atomic mass is 35.5. The van der Waals surface area contributed by atoms with Crippen LogP contribution in [-0.4, -0.2) is 44.0 Å². The first-order chi connectivity index (χ1) is 18.3. The van der Waals surface area contributed by atoms with E-state index in [1.807, 2.05) is 31.2 Å². The molecule has 0 radical (unpaired) electrons.